The lowest BCUT2D eigenvalue weighted by Crippen LogP contribution is -2.26. The maximum Gasteiger partial charge on any atom is 0.138 e. The van der Waals surface area contributed by atoms with E-state index in [0.717, 1.165) is 42.0 Å². The molecule has 0 aliphatic carbocycles. The predicted octanol–water partition coefficient (Wildman–Crippen LogP) is 3.36. The van der Waals surface area contributed by atoms with Crippen LogP contribution in [0.4, 0.5) is 11.6 Å². The second-order valence-electron chi connectivity index (χ2n) is 6.85. The van der Waals surface area contributed by atoms with E-state index < -0.39 is 0 Å². The Kier molecular flexibility index (Phi) is 4.21. The van der Waals surface area contributed by atoms with Crippen molar-refractivity contribution in [2.24, 2.45) is 5.92 Å². The molecule has 0 radical (unpaired) electrons. The van der Waals surface area contributed by atoms with E-state index in [-0.39, 0.29) is 5.41 Å². The molecule has 112 valence electrons. The molecule has 0 amide bonds. The third-order valence-electron chi connectivity index (χ3n) is 4.19. The highest BCUT2D eigenvalue weighted by atomic mass is 15.2. The molecular weight excluding hydrogens is 248 g/mol. The Morgan fingerprint density at radius 2 is 2.00 bits per heavy atom. The van der Waals surface area contributed by atoms with Gasteiger partial charge in [-0.25, -0.2) is 9.97 Å². The Labute approximate surface area is 123 Å². The van der Waals surface area contributed by atoms with Gasteiger partial charge in [-0.2, -0.15) is 0 Å². The highest BCUT2D eigenvalue weighted by molar-refractivity contribution is 5.59. The normalized spacial score (nSPS) is 19.5. The average molecular weight is 276 g/mol. The van der Waals surface area contributed by atoms with Gasteiger partial charge in [0.2, 0.25) is 0 Å². The molecule has 0 bridgehead atoms. The maximum absolute atomic E-state index is 4.88. The minimum Gasteiger partial charge on any atom is -0.373 e. The third kappa shape index (κ3) is 2.89. The number of hydrogen-bond donors (Lipinski definition) is 1. The summed E-state index contributed by atoms with van der Waals surface area (Å²) < 4.78 is 0. The summed E-state index contributed by atoms with van der Waals surface area (Å²) in [5, 5.41) is 3.22. The molecule has 2 heterocycles. The zero-order valence-corrected chi connectivity index (χ0v) is 13.7. The van der Waals surface area contributed by atoms with E-state index in [1.807, 2.05) is 7.05 Å². The molecule has 1 aromatic rings. The van der Waals surface area contributed by atoms with Crippen LogP contribution < -0.4 is 10.2 Å². The Balaban J connectivity index is 2.41. The van der Waals surface area contributed by atoms with Gasteiger partial charge < -0.3 is 10.2 Å². The summed E-state index contributed by atoms with van der Waals surface area (Å²) in [7, 11) is 1.93. The van der Waals surface area contributed by atoms with Crippen LogP contribution in [0.5, 0.6) is 0 Å². The molecule has 1 aliphatic heterocycles. The van der Waals surface area contributed by atoms with Gasteiger partial charge in [0.15, 0.2) is 0 Å². The van der Waals surface area contributed by atoms with Crippen molar-refractivity contribution in [1.82, 2.24) is 9.97 Å². The Hall–Kier alpha value is -1.32. The SMILES string of the molecule is CCC1CCN(c2nc(C(C)(C)C)nc(NC)c2C)C1. The predicted molar refractivity (Wildman–Crippen MR) is 85.6 cm³/mol. The van der Waals surface area contributed by atoms with Crippen molar-refractivity contribution in [2.75, 3.05) is 30.4 Å². The standard InChI is InChI=1S/C16H28N4/c1-7-12-8-9-20(10-12)14-11(2)13(17-6)18-15(19-14)16(3,4)5/h12H,7-10H2,1-6H3,(H,17,18,19). The molecule has 2 rings (SSSR count). The second kappa shape index (κ2) is 5.58. The summed E-state index contributed by atoms with van der Waals surface area (Å²) in [6.07, 6.45) is 2.53. The molecule has 1 saturated heterocycles. The van der Waals surface area contributed by atoms with Crippen molar-refractivity contribution in [3.05, 3.63) is 11.4 Å². The first-order chi connectivity index (χ1) is 9.36. The first-order valence-electron chi connectivity index (χ1n) is 7.68. The average Bonchev–Trinajstić information content (AvgIpc) is 2.86. The summed E-state index contributed by atoms with van der Waals surface area (Å²) in [5.41, 5.74) is 1.13. The molecule has 1 unspecified atom stereocenters. The quantitative estimate of drug-likeness (QED) is 0.919. The molecule has 4 nitrogen and oxygen atoms in total. The molecule has 1 aromatic heterocycles. The number of anilines is 2. The van der Waals surface area contributed by atoms with E-state index in [1.54, 1.807) is 0 Å². The summed E-state index contributed by atoms with van der Waals surface area (Å²) in [4.78, 5) is 12.0. The number of aromatic nitrogens is 2. The van der Waals surface area contributed by atoms with Gasteiger partial charge in [-0.3, -0.25) is 0 Å². The smallest absolute Gasteiger partial charge is 0.138 e. The fraction of sp³-hybridized carbons (Fsp3) is 0.750. The Bertz CT molecular complexity index is 476. The van der Waals surface area contributed by atoms with Crippen LogP contribution in [0, 0.1) is 12.8 Å². The van der Waals surface area contributed by atoms with Crippen LogP contribution in [0.15, 0.2) is 0 Å². The molecule has 1 fully saturated rings. The topological polar surface area (TPSA) is 41.1 Å². The molecule has 1 N–H and O–H groups in total. The van der Waals surface area contributed by atoms with Crippen molar-refractivity contribution in [3.8, 4) is 0 Å². The van der Waals surface area contributed by atoms with Gasteiger partial charge in [-0.15, -0.1) is 0 Å². The first kappa shape index (κ1) is 15.1. The zero-order chi connectivity index (χ0) is 14.9. The summed E-state index contributed by atoms with van der Waals surface area (Å²) in [6.45, 7) is 13.1. The largest absolute Gasteiger partial charge is 0.373 e. The van der Waals surface area contributed by atoms with Crippen molar-refractivity contribution < 1.29 is 0 Å². The van der Waals surface area contributed by atoms with Gasteiger partial charge in [0.05, 0.1) is 0 Å². The lowest BCUT2D eigenvalue weighted by atomic mass is 9.95. The molecule has 0 aromatic carbocycles. The number of hydrogen-bond acceptors (Lipinski definition) is 4. The van der Waals surface area contributed by atoms with Crippen molar-refractivity contribution in [3.63, 3.8) is 0 Å². The van der Waals surface area contributed by atoms with Crippen LogP contribution in [0.2, 0.25) is 0 Å². The van der Waals surface area contributed by atoms with Crippen molar-refractivity contribution >= 4 is 11.6 Å². The summed E-state index contributed by atoms with van der Waals surface area (Å²) >= 11 is 0. The zero-order valence-electron chi connectivity index (χ0n) is 13.7. The van der Waals surface area contributed by atoms with Gasteiger partial charge in [0, 0.05) is 31.1 Å². The number of nitrogens with zero attached hydrogens (tertiary/aromatic N) is 3. The monoisotopic (exact) mass is 276 g/mol. The molecule has 20 heavy (non-hydrogen) atoms. The van der Waals surface area contributed by atoms with E-state index in [4.69, 9.17) is 4.98 Å². The molecular formula is C16H28N4. The molecule has 4 heteroatoms. The van der Waals surface area contributed by atoms with Crippen LogP contribution in [0.25, 0.3) is 0 Å². The van der Waals surface area contributed by atoms with E-state index in [2.05, 4.69) is 49.8 Å². The molecule has 1 atom stereocenters. The van der Waals surface area contributed by atoms with Crippen molar-refractivity contribution in [2.45, 2.75) is 52.9 Å². The van der Waals surface area contributed by atoms with E-state index in [1.165, 1.54) is 12.8 Å². The van der Waals surface area contributed by atoms with Crippen LogP contribution in [-0.2, 0) is 5.41 Å². The molecule has 0 saturated carbocycles. The number of nitrogens with one attached hydrogen (secondary N) is 1. The van der Waals surface area contributed by atoms with Crippen LogP contribution >= 0.6 is 0 Å². The Morgan fingerprint density at radius 1 is 1.30 bits per heavy atom. The number of rotatable bonds is 3. The lowest BCUT2D eigenvalue weighted by molar-refractivity contribution is 0.543. The lowest BCUT2D eigenvalue weighted by Gasteiger charge is -2.25. The molecule has 0 spiro atoms. The Morgan fingerprint density at radius 3 is 2.50 bits per heavy atom. The fourth-order valence-corrected chi connectivity index (χ4v) is 2.75. The van der Waals surface area contributed by atoms with Crippen molar-refractivity contribution in [1.29, 1.82) is 0 Å². The highest BCUT2D eigenvalue weighted by Crippen LogP contribution is 2.31. The summed E-state index contributed by atoms with van der Waals surface area (Å²) in [6, 6.07) is 0. The summed E-state index contributed by atoms with van der Waals surface area (Å²) in [5.74, 6) is 3.80. The first-order valence-corrected chi connectivity index (χ1v) is 7.68. The fourth-order valence-electron chi connectivity index (χ4n) is 2.75. The highest BCUT2D eigenvalue weighted by Gasteiger charge is 2.27. The maximum atomic E-state index is 4.88. The second-order valence-corrected chi connectivity index (χ2v) is 6.85. The van der Waals surface area contributed by atoms with Crippen LogP contribution in [0.1, 0.15) is 51.9 Å². The van der Waals surface area contributed by atoms with Gasteiger partial charge in [0.1, 0.15) is 17.5 Å². The van der Waals surface area contributed by atoms with E-state index in [0.29, 0.717) is 0 Å². The third-order valence-corrected chi connectivity index (χ3v) is 4.19. The molecule has 1 aliphatic rings. The minimum atomic E-state index is -0.0298. The van der Waals surface area contributed by atoms with Gasteiger partial charge in [-0.05, 0) is 19.3 Å². The van der Waals surface area contributed by atoms with Gasteiger partial charge >= 0.3 is 0 Å². The van der Waals surface area contributed by atoms with Gasteiger partial charge in [0.25, 0.3) is 0 Å². The van der Waals surface area contributed by atoms with Crippen LogP contribution in [0.3, 0.4) is 0 Å². The van der Waals surface area contributed by atoms with E-state index in [9.17, 15) is 0 Å². The van der Waals surface area contributed by atoms with Gasteiger partial charge in [-0.1, -0.05) is 34.1 Å². The van der Waals surface area contributed by atoms with Crippen LogP contribution in [-0.4, -0.2) is 30.1 Å². The minimum absolute atomic E-state index is 0.0298. The van der Waals surface area contributed by atoms with E-state index >= 15 is 0 Å².